The zero-order valence-corrected chi connectivity index (χ0v) is 16.7. The van der Waals surface area contributed by atoms with Crippen LogP contribution in [-0.2, 0) is 0 Å². The molecule has 3 atom stereocenters. The number of hydrogen-bond donors (Lipinski definition) is 2. The summed E-state index contributed by atoms with van der Waals surface area (Å²) in [6.45, 7) is 0.913. The van der Waals surface area contributed by atoms with E-state index in [1.54, 1.807) is 19.2 Å². The number of nitrogens with one attached hydrogen (secondary N) is 2. The number of aliphatic imine (C=N–C) groups is 1. The number of rotatable bonds is 5. The third-order valence-corrected chi connectivity index (χ3v) is 4.61. The SMILES string of the molecule is CN=C(NC1CCN(c2ccccc2OC(F)F)C1)NC1CC1C.I. The normalized spacial score (nSPS) is 25.6. The van der Waals surface area contributed by atoms with E-state index in [0.29, 0.717) is 17.6 Å². The van der Waals surface area contributed by atoms with Gasteiger partial charge >= 0.3 is 6.61 Å². The fourth-order valence-electron chi connectivity index (χ4n) is 3.07. The maximum absolute atomic E-state index is 12.6. The first-order valence-corrected chi connectivity index (χ1v) is 8.35. The van der Waals surface area contributed by atoms with E-state index in [2.05, 4.69) is 32.2 Å². The molecule has 1 aromatic carbocycles. The first kappa shape index (κ1) is 20.0. The third-order valence-electron chi connectivity index (χ3n) is 4.61. The van der Waals surface area contributed by atoms with Crippen molar-refractivity contribution in [2.24, 2.45) is 10.9 Å². The van der Waals surface area contributed by atoms with Gasteiger partial charge in [-0.1, -0.05) is 19.1 Å². The zero-order chi connectivity index (χ0) is 17.1. The highest BCUT2D eigenvalue weighted by Crippen LogP contribution is 2.32. The number of anilines is 1. The highest BCUT2D eigenvalue weighted by atomic mass is 127. The molecule has 1 saturated heterocycles. The Morgan fingerprint density at radius 2 is 2.04 bits per heavy atom. The molecule has 1 saturated carbocycles. The summed E-state index contributed by atoms with van der Waals surface area (Å²) >= 11 is 0. The second-order valence-electron chi connectivity index (χ2n) is 6.46. The summed E-state index contributed by atoms with van der Waals surface area (Å²) in [4.78, 5) is 6.34. The third kappa shape index (κ3) is 5.32. The molecule has 5 nitrogen and oxygen atoms in total. The first-order chi connectivity index (χ1) is 11.6. The van der Waals surface area contributed by atoms with Crippen LogP contribution in [0.5, 0.6) is 5.75 Å². The van der Waals surface area contributed by atoms with Crippen LogP contribution in [0.4, 0.5) is 14.5 Å². The number of para-hydroxylation sites is 2. The highest BCUT2D eigenvalue weighted by Gasteiger charge is 2.34. The number of hydrogen-bond acceptors (Lipinski definition) is 3. The molecule has 3 unspecified atom stereocenters. The molecule has 2 fully saturated rings. The molecule has 2 aliphatic rings. The lowest BCUT2D eigenvalue weighted by Gasteiger charge is -2.22. The van der Waals surface area contributed by atoms with E-state index in [-0.39, 0.29) is 35.8 Å². The molecule has 8 heteroatoms. The fraction of sp³-hybridized carbons (Fsp3) is 0.588. The van der Waals surface area contributed by atoms with Crippen molar-refractivity contribution in [3.05, 3.63) is 24.3 Å². The van der Waals surface area contributed by atoms with E-state index in [1.165, 1.54) is 6.42 Å². The maximum Gasteiger partial charge on any atom is 0.387 e. The van der Waals surface area contributed by atoms with Crippen molar-refractivity contribution in [1.82, 2.24) is 10.6 Å². The van der Waals surface area contributed by atoms with E-state index in [4.69, 9.17) is 0 Å². The summed E-state index contributed by atoms with van der Waals surface area (Å²) < 4.78 is 29.8. The Balaban J connectivity index is 0.00000225. The Labute approximate surface area is 164 Å². The van der Waals surface area contributed by atoms with Crippen LogP contribution in [0.2, 0.25) is 0 Å². The minimum absolute atomic E-state index is 0. The van der Waals surface area contributed by atoms with Gasteiger partial charge in [0.15, 0.2) is 5.96 Å². The molecule has 3 rings (SSSR count). The molecule has 1 heterocycles. The summed E-state index contributed by atoms with van der Waals surface area (Å²) in [5.41, 5.74) is 0.709. The summed E-state index contributed by atoms with van der Waals surface area (Å²) in [5, 5.41) is 6.83. The molecule has 1 aromatic rings. The van der Waals surface area contributed by atoms with Crippen LogP contribution in [0.15, 0.2) is 29.3 Å². The summed E-state index contributed by atoms with van der Waals surface area (Å²) in [7, 11) is 1.76. The van der Waals surface area contributed by atoms with E-state index in [9.17, 15) is 8.78 Å². The van der Waals surface area contributed by atoms with Crippen molar-refractivity contribution in [2.45, 2.75) is 38.5 Å². The van der Waals surface area contributed by atoms with Crippen LogP contribution in [0.3, 0.4) is 0 Å². The van der Waals surface area contributed by atoms with Crippen molar-refractivity contribution < 1.29 is 13.5 Å². The number of nitrogens with zero attached hydrogens (tertiary/aromatic N) is 2. The van der Waals surface area contributed by atoms with Gasteiger partial charge in [-0.2, -0.15) is 8.78 Å². The molecule has 1 aliphatic heterocycles. The molecular weight excluding hydrogens is 441 g/mol. The minimum atomic E-state index is -2.81. The van der Waals surface area contributed by atoms with Crippen LogP contribution in [0.25, 0.3) is 0 Å². The van der Waals surface area contributed by atoms with Gasteiger partial charge in [0, 0.05) is 32.2 Å². The lowest BCUT2D eigenvalue weighted by Crippen LogP contribution is -2.45. The lowest BCUT2D eigenvalue weighted by atomic mass is 10.2. The Morgan fingerprint density at radius 3 is 2.68 bits per heavy atom. The first-order valence-electron chi connectivity index (χ1n) is 8.35. The number of alkyl halides is 2. The molecule has 0 amide bonds. The molecule has 25 heavy (non-hydrogen) atoms. The van der Waals surface area contributed by atoms with Gasteiger partial charge in [0.2, 0.25) is 0 Å². The van der Waals surface area contributed by atoms with Gasteiger partial charge in [0.25, 0.3) is 0 Å². The number of benzene rings is 1. The maximum atomic E-state index is 12.6. The van der Waals surface area contributed by atoms with Gasteiger partial charge in [-0.15, -0.1) is 24.0 Å². The Morgan fingerprint density at radius 1 is 1.32 bits per heavy atom. The summed E-state index contributed by atoms with van der Waals surface area (Å²) in [5.74, 6) is 1.73. The van der Waals surface area contributed by atoms with Gasteiger partial charge in [-0.25, -0.2) is 0 Å². The molecule has 140 valence electrons. The molecule has 0 aromatic heterocycles. The van der Waals surface area contributed by atoms with Crippen LogP contribution >= 0.6 is 24.0 Å². The van der Waals surface area contributed by atoms with E-state index < -0.39 is 6.61 Å². The predicted octanol–water partition coefficient (Wildman–Crippen LogP) is 3.06. The molecule has 0 bridgehead atoms. The zero-order valence-electron chi connectivity index (χ0n) is 14.4. The van der Waals surface area contributed by atoms with Crippen LogP contribution in [-0.4, -0.2) is 44.8 Å². The second-order valence-corrected chi connectivity index (χ2v) is 6.46. The van der Waals surface area contributed by atoms with Crippen LogP contribution in [0.1, 0.15) is 19.8 Å². The van der Waals surface area contributed by atoms with E-state index in [0.717, 1.165) is 25.5 Å². The standard InChI is InChI=1S/C17H24F2N4O.HI/c1-11-9-13(11)22-17(20-2)21-12-7-8-23(10-12)14-5-3-4-6-15(14)24-16(18)19;/h3-6,11-13,16H,7-10H2,1-2H3,(H2,20,21,22);1H. The van der Waals surface area contributed by atoms with Gasteiger partial charge in [0.05, 0.1) is 5.69 Å². The Hall–Kier alpha value is -1.32. The monoisotopic (exact) mass is 466 g/mol. The van der Waals surface area contributed by atoms with Gasteiger partial charge < -0.3 is 20.3 Å². The van der Waals surface area contributed by atoms with Gasteiger partial charge in [-0.3, -0.25) is 4.99 Å². The second kappa shape index (κ2) is 8.86. The number of ether oxygens (including phenoxy) is 1. The van der Waals surface area contributed by atoms with Crippen LogP contribution < -0.4 is 20.3 Å². The van der Waals surface area contributed by atoms with Crippen molar-refractivity contribution in [3.8, 4) is 5.75 Å². The number of halogens is 3. The average molecular weight is 466 g/mol. The van der Waals surface area contributed by atoms with Gasteiger partial charge in [-0.05, 0) is 30.9 Å². The highest BCUT2D eigenvalue weighted by molar-refractivity contribution is 14.0. The summed E-state index contributed by atoms with van der Waals surface area (Å²) in [6.07, 6.45) is 2.10. The molecule has 0 spiro atoms. The van der Waals surface area contributed by atoms with Crippen LogP contribution in [0, 0.1) is 5.92 Å². The van der Waals surface area contributed by atoms with Crippen molar-refractivity contribution >= 4 is 35.6 Å². The van der Waals surface area contributed by atoms with Crippen molar-refractivity contribution in [3.63, 3.8) is 0 Å². The van der Waals surface area contributed by atoms with Crippen molar-refractivity contribution in [1.29, 1.82) is 0 Å². The fourth-order valence-corrected chi connectivity index (χ4v) is 3.07. The quantitative estimate of drug-likeness (QED) is 0.398. The minimum Gasteiger partial charge on any atom is -0.433 e. The van der Waals surface area contributed by atoms with Crippen molar-refractivity contribution in [2.75, 3.05) is 25.0 Å². The Bertz CT molecular complexity index is 602. The van der Waals surface area contributed by atoms with E-state index in [1.807, 2.05) is 12.1 Å². The van der Waals surface area contributed by atoms with E-state index >= 15 is 0 Å². The smallest absolute Gasteiger partial charge is 0.387 e. The largest absolute Gasteiger partial charge is 0.433 e. The molecular formula is C17H25F2IN4O. The predicted molar refractivity (Wildman–Crippen MR) is 106 cm³/mol. The average Bonchev–Trinajstić information content (AvgIpc) is 3.05. The number of guanidine groups is 1. The topological polar surface area (TPSA) is 48.9 Å². The van der Waals surface area contributed by atoms with Gasteiger partial charge in [0.1, 0.15) is 5.75 Å². The molecule has 2 N–H and O–H groups in total. The molecule has 1 aliphatic carbocycles. The summed E-state index contributed by atoms with van der Waals surface area (Å²) in [6, 6.07) is 7.67. The Kier molecular flexibility index (Phi) is 7.09. The lowest BCUT2D eigenvalue weighted by molar-refractivity contribution is -0.0495. The molecule has 0 radical (unpaired) electrons.